The van der Waals surface area contributed by atoms with Crippen LogP contribution >= 0.6 is 11.3 Å². The van der Waals surface area contributed by atoms with E-state index in [1.807, 2.05) is 52.4 Å². The molecule has 3 heterocycles. The zero-order chi connectivity index (χ0) is 33.0. The van der Waals surface area contributed by atoms with Crippen LogP contribution in [-0.2, 0) is 6.54 Å². The average Bonchev–Trinajstić information content (AvgIpc) is 3.89. The SMILES string of the molecule is c1ccc(-c2nc(-c3cccc(-c4cccc5c4sc4c(-c6ccccc6)cccc45)c3)n(Cc3cccc4oc5ccccc5c34)n2)cc1. The lowest BCUT2D eigenvalue weighted by atomic mass is 9.99. The van der Waals surface area contributed by atoms with Crippen LogP contribution in [0.5, 0.6) is 0 Å². The van der Waals surface area contributed by atoms with Crippen LogP contribution in [0.15, 0.2) is 168 Å². The van der Waals surface area contributed by atoms with E-state index in [2.05, 4.69) is 127 Å². The molecular formula is C45H29N3OS. The zero-order valence-electron chi connectivity index (χ0n) is 27.0. The Bertz CT molecular complexity index is 2850. The van der Waals surface area contributed by atoms with Crippen LogP contribution in [0.2, 0.25) is 0 Å². The second kappa shape index (κ2) is 11.7. The van der Waals surface area contributed by atoms with Crippen LogP contribution in [0, 0.1) is 0 Å². The molecule has 50 heavy (non-hydrogen) atoms. The maximum absolute atomic E-state index is 6.23. The van der Waals surface area contributed by atoms with Crippen molar-refractivity contribution in [2.45, 2.75) is 6.54 Å². The summed E-state index contributed by atoms with van der Waals surface area (Å²) in [6.07, 6.45) is 0. The Hall–Kier alpha value is -6.30. The van der Waals surface area contributed by atoms with Crippen molar-refractivity contribution in [2.24, 2.45) is 0 Å². The van der Waals surface area contributed by atoms with Crippen molar-refractivity contribution in [3.05, 3.63) is 169 Å². The highest BCUT2D eigenvalue weighted by Gasteiger charge is 2.19. The number of hydrogen-bond acceptors (Lipinski definition) is 4. The monoisotopic (exact) mass is 659 g/mol. The predicted octanol–water partition coefficient (Wildman–Crippen LogP) is 12.3. The van der Waals surface area contributed by atoms with Crippen LogP contribution in [0.3, 0.4) is 0 Å². The summed E-state index contributed by atoms with van der Waals surface area (Å²) in [6.45, 7) is 0.550. The molecule has 0 aliphatic carbocycles. The van der Waals surface area contributed by atoms with Crippen molar-refractivity contribution in [3.8, 4) is 45.0 Å². The Labute approximate surface area is 292 Å². The van der Waals surface area contributed by atoms with Crippen LogP contribution in [0.25, 0.3) is 87.1 Å². The number of rotatable bonds is 6. The highest BCUT2D eigenvalue weighted by atomic mass is 32.1. The maximum Gasteiger partial charge on any atom is 0.181 e. The first-order valence-corrected chi connectivity index (χ1v) is 17.6. The van der Waals surface area contributed by atoms with E-state index in [0.717, 1.165) is 50.0 Å². The third-order valence-corrected chi connectivity index (χ3v) is 10.8. The smallest absolute Gasteiger partial charge is 0.181 e. The van der Waals surface area contributed by atoms with Crippen molar-refractivity contribution in [2.75, 3.05) is 0 Å². The van der Waals surface area contributed by atoms with Crippen LogP contribution in [0.1, 0.15) is 5.56 Å². The fourth-order valence-corrected chi connectivity index (χ4v) is 8.61. The number of furan rings is 1. The minimum absolute atomic E-state index is 0.550. The number of aromatic nitrogens is 3. The van der Waals surface area contributed by atoms with Gasteiger partial charge in [-0.15, -0.1) is 11.3 Å². The van der Waals surface area contributed by atoms with E-state index in [1.54, 1.807) is 0 Å². The molecule has 0 fully saturated rings. The highest BCUT2D eigenvalue weighted by Crippen LogP contribution is 2.44. The quantitative estimate of drug-likeness (QED) is 0.178. The fraction of sp³-hybridized carbons (Fsp3) is 0.0222. The van der Waals surface area contributed by atoms with E-state index in [-0.39, 0.29) is 0 Å². The van der Waals surface area contributed by atoms with E-state index in [9.17, 15) is 0 Å². The number of thiophene rings is 1. The van der Waals surface area contributed by atoms with E-state index in [1.165, 1.54) is 36.9 Å². The van der Waals surface area contributed by atoms with Gasteiger partial charge in [0.15, 0.2) is 11.6 Å². The van der Waals surface area contributed by atoms with Crippen molar-refractivity contribution >= 4 is 53.4 Å². The summed E-state index contributed by atoms with van der Waals surface area (Å²) in [6, 6.07) is 57.5. The molecule has 0 aliphatic rings. The van der Waals surface area contributed by atoms with E-state index in [0.29, 0.717) is 12.4 Å². The average molecular weight is 660 g/mol. The molecule has 7 aromatic carbocycles. The van der Waals surface area contributed by atoms with E-state index < -0.39 is 0 Å². The van der Waals surface area contributed by atoms with Gasteiger partial charge < -0.3 is 4.42 Å². The molecule has 10 rings (SSSR count). The van der Waals surface area contributed by atoms with Crippen LogP contribution in [-0.4, -0.2) is 14.8 Å². The first kappa shape index (κ1) is 28.7. The third-order valence-electron chi connectivity index (χ3n) is 9.55. The molecule has 0 saturated carbocycles. The third kappa shape index (κ3) is 4.74. The standard InChI is InChI=1S/C45H29N3OS/c1-3-13-29(14-4-1)34-21-11-23-36-37-24-12-22-35(43(37)50-42(34)36)31-17-9-18-32(27-31)45-46-44(30-15-5-2-6-16-30)47-48(45)28-33-19-10-26-40-41(33)38-20-7-8-25-39(38)49-40/h1-27H,28H2. The Morgan fingerprint density at radius 3 is 1.86 bits per heavy atom. The topological polar surface area (TPSA) is 43.9 Å². The Morgan fingerprint density at radius 1 is 0.500 bits per heavy atom. The Morgan fingerprint density at radius 2 is 1.08 bits per heavy atom. The normalized spacial score (nSPS) is 11.7. The first-order valence-electron chi connectivity index (χ1n) is 16.8. The number of para-hydroxylation sites is 1. The fourth-order valence-electron chi connectivity index (χ4n) is 7.23. The molecule has 0 aliphatic heterocycles. The maximum atomic E-state index is 6.23. The van der Waals surface area contributed by atoms with E-state index >= 15 is 0 Å². The van der Waals surface area contributed by atoms with Crippen LogP contribution < -0.4 is 0 Å². The number of nitrogens with zero attached hydrogens (tertiary/aromatic N) is 3. The highest BCUT2D eigenvalue weighted by molar-refractivity contribution is 7.26. The molecule has 0 unspecified atom stereocenters. The van der Waals surface area contributed by atoms with Gasteiger partial charge >= 0.3 is 0 Å². The molecule has 10 aromatic rings. The van der Waals surface area contributed by atoms with Gasteiger partial charge in [0.25, 0.3) is 0 Å². The zero-order valence-corrected chi connectivity index (χ0v) is 27.8. The van der Waals surface area contributed by atoms with E-state index in [4.69, 9.17) is 14.5 Å². The summed E-state index contributed by atoms with van der Waals surface area (Å²) in [5, 5.41) is 9.91. The minimum atomic E-state index is 0.550. The molecular weight excluding hydrogens is 631 g/mol. The van der Waals surface area contributed by atoms with Gasteiger partial charge in [-0.1, -0.05) is 146 Å². The molecule has 4 nitrogen and oxygen atoms in total. The summed E-state index contributed by atoms with van der Waals surface area (Å²) in [7, 11) is 0. The summed E-state index contributed by atoms with van der Waals surface area (Å²) >= 11 is 1.87. The lowest BCUT2D eigenvalue weighted by molar-refractivity contribution is 0.667. The number of fused-ring (bicyclic) bond motifs is 6. The summed E-state index contributed by atoms with van der Waals surface area (Å²) < 4.78 is 10.9. The van der Waals surface area contributed by atoms with Crippen LogP contribution in [0.4, 0.5) is 0 Å². The molecule has 5 heteroatoms. The molecule has 0 amide bonds. The van der Waals surface area contributed by atoms with Gasteiger partial charge in [0.1, 0.15) is 11.2 Å². The van der Waals surface area contributed by atoms with Crippen molar-refractivity contribution < 1.29 is 4.42 Å². The van der Waals surface area contributed by atoms with Gasteiger partial charge in [-0.05, 0) is 46.0 Å². The Balaban J connectivity index is 1.12. The van der Waals surface area contributed by atoms with Crippen molar-refractivity contribution in [3.63, 3.8) is 0 Å². The number of benzene rings is 7. The largest absolute Gasteiger partial charge is 0.456 e. The predicted molar refractivity (Wildman–Crippen MR) is 207 cm³/mol. The van der Waals surface area contributed by atoms with Gasteiger partial charge in [0.05, 0.1) is 6.54 Å². The lowest BCUT2D eigenvalue weighted by Crippen LogP contribution is -2.05. The summed E-state index contributed by atoms with van der Waals surface area (Å²) in [5.41, 5.74) is 9.78. The molecule has 236 valence electrons. The molecule has 0 spiro atoms. The molecule has 0 N–H and O–H groups in total. The lowest BCUT2D eigenvalue weighted by Gasteiger charge is -2.10. The summed E-state index contributed by atoms with van der Waals surface area (Å²) in [5.74, 6) is 1.53. The molecule has 0 radical (unpaired) electrons. The van der Waals surface area contributed by atoms with Gasteiger partial charge in [0.2, 0.25) is 0 Å². The summed E-state index contributed by atoms with van der Waals surface area (Å²) in [4.78, 5) is 5.18. The second-order valence-corrected chi connectivity index (χ2v) is 13.6. The first-order chi connectivity index (χ1) is 24.8. The molecule has 0 saturated heterocycles. The minimum Gasteiger partial charge on any atom is -0.456 e. The van der Waals surface area contributed by atoms with Gasteiger partial charge in [-0.3, -0.25) is 0 Å². The Kier molecular flexibility index (Phi) is 6.71. The molecule has 3 aromatic heterocycles. The van der Waals surface area contributed by atoms with Gasteiger partial charge in [-0.2, -0.15) is 5.10 Å². The molecule has 0 bridgehead atoms. The van der Waals surface area contributed by atoms with Crippen molar-refractivity contribution in [1.82, 2.24) is 14.8 Å². The number of hydrogen-bond donors (Lipinski definition) is 0. The molecule has 0 atom stereocenters. The second-order valence-electron chi connectivity index (χ2n) is 12.6. The van der Waals surface area contributed by atoms with Crippen molar-refractivity contribution in [1.29, 1.82) is 0 Å². The van der Waals surface area contributed by atoms with Gasteiger partial charge in [-0.25, -0.2) is 9.67 Å². The van der Waals surface area contributed by atoms with Gasteiger partial charge in [0, 0.05) is 42.1 Å².